The molecule has 0 aromatic carbocycles. The van der Waals surface area contributed by atoms with Gasteiger partial charge in [-0.1, -0.05) is 12.8 Å². The van der Waals surface area contributed by atoms with E-state index in [4.69, 9.17) is 15.9 Å². The molecule has 1 rings (SSSR count). The smallest absolute Gasteiger partial charge is 0.189 e. The summed E-state index contributed by atoms with van der Waals surface area (Å²) in [6.07, 6.45) is 4.58. The minimum Gasteiger partial charge on any atom is -0.394 e. The maximum Gasteiger partial charge on any atom is 0.189 e. The molecule has 0 amide bonds. The van der Waals surface area contributed by atoms with E-state index in [0.29, 0.717) is 12.0 Å². The molecule has 1 aliphatic carbocycles. The minimum atomic E-state index is -0.786. The van der Waals surface area contributed by atoms with E-state index in [2.05, 4.69) is 10.3 Å². The summed E-state index contributed by atoms with van der Waals surface area (Å²) in [5.41, 5.74) is 4.92. The molecule has 1 fully saturated rings. The van der Waals surface area contributed by atoms with E-state index in [1.54, 1.807) is 6.92 Å². The minimum absolute atomic E-state index is 0.176. The van der Waals surface area contributed by atoms with Crippen LogP contribution in [0.3, 0.4) is 0 Å². The Morgan fingerprint density at radius 3 is 2.40 bits per heavy atom. The number of aliphatic hydroxyl groups excluding tert-OH is 2. The predicted octanol–water partition coefficient (Wildman–Crippen LogP) is -0.423. The fourth-order valence-electron chi connectivity index (χ4n) is 1.70. The van der Waals surface area contributed by atoms with Crippen LogP contribution in [0.2, 0.25) is 0 Å². The van der Waals surface area contributed by atoms with Gasteiger partial charge in [-0.15, -0.1) is 0 Å². The number of nitrogens with two attached hydrogens (primary N) is 1. The Balaban J connectivity index is 2.48. The average Bonchev–Trinajstić information content (AvgIpc) is 2.70. The van der Waals surface area contributed by atoms with E-state index < -0.39 is 5.54 Å². The van der Waals surface area contributed by atoms with Gasteiger partial charge in [0.1, 0.15) is 0 Å². The summed E-state index contributed by atoms with van der Waals surface area (Å²) in [6.45, 7) is 1.35. The number of hydrogen-bond acceptors (Lipinski definition) is 3. The van der Waals surface area contributed by atoms with Crippen LogP contribution < -0.4 is 11.1 Å². The van der Waals surface area contributed by atoms with Gasteiger partial charge in [0.15, 0.2) is 5.96 Å². The Morgan fingerprint density at radius 1 is 1.40 bits per heavy atom. The lowest BCUT2D eigenvalue weighted by molar-refractivity contribution is 0.119. The van der Waals surface area contributed by atoms with Gasteiger partial charge in [-0.25, -0.2) is 0 Å². The molecular formula is C10H21N3O2. The van der Waals surface area contributed by atoms with Crippen LogP contribution in [0.1, 0.15) is 32.6 Å². The first-order chi connectivity index (χ1) is 7.09. The van der Waals surface area contributed by atoms with Crippen LogP contribution in [0.5, 0.6) is 0 Å². The number of aliphatic imine (C=N–C) groups is 1. The predicted molar refractivity (Wildman–Crippen MR) is 59.6 cm³/mol. The molecule has 0 heterocycles. The zero-order valence-corrected chi connectivity index (χ0v) is 9.24. The molecule has 0 saturated heterocycles. The highest BCUT2D eigenvalue weighted by molar-refractivity contribution is 5.78. The van der Waals surface area contributed by atoms with E-state index >= 15 is 0 Å². The summed E-state index contributed by atoms with van der Waals surface area (Å²) in [5, 5.41) is 21.0. The van der Waals surface area contributed by atoms with E-state index in [9.17, 15) is 0 Å². The Labute approximate surface area is 90.4 Å². The zero-order chi connectivity index (χ0) is 11.3. The molecule has 88 valence electrons. The molecule has 15 heavy (non-hydrogen) atoms. The number of nitrogens with zero attached hydrogens (tertiary/aromatic N) is 1. The summed E-state index contributed by atoms with van der Waals surface area (Å²) >= 11 is 0. The van der Waals surface area contributed by atoms with E-state index in [0.717, 1.165) is 12.8 Å². The number of rotatable bonds is 4. The second-order valence-corrected chi connectivity index (χ2v) is 4.45. The van der Waals surface area contributed by atoms with E-state index in [-0.39, 0.29) is 13.2 Å². The van der Waals surface area contributed by atoms with Crippen molar-refractivity contribution >= 4 is 5.96 Å². The fraction of sp³-hybridized carbons (Fsp3) is 0.900. The summed E-state index contributed by atoms with van der Waals surface area (Å²) in [5.74, 6) is 0.313. The van der Waals surface area contributed by atoms with Crippen molar-refractivity contribution in [3.8, 4) is 0 Å². The van der Waals surface area contributed by atoms with Crippen LogP contribution in [0.4, 0.5) is 0 Å². The molecule has 1 saturated carbocycles. The molecule has 5 heteroatoms. The van der Waals surface area contributed by atoms with Crippen LogP contribution in [-0.4, -0.2) is 41.0 Å². The summed E-state index contributed by atoms with van der Waals surface area (Å²) in [6, 6.07) is 0.305. The van der Waals surface area contributed by atoms with Gasteiger partial charge in [-0.05, 0) is 19.8 Å². The molecule has 0 aromatic heterocycles. The van der Waals surface area contributed by atoms with Crippen molar-refractivity contribution in [1.82, 2.24) is 5.32 Å². The van der Waals surface area contributed by atoms with Crippen LogP contribution >= 0.6 is 0 Å². The standard InChI is InChI=1S/C10H21N3O2/c1-10(6-14,7-15)13-9(11)12-8-4-2-3-5-8/h8,14-15H,2-7H2,1H3,(H3,11,12,13). The molecule has 5 N–H and O–H groups in total. The summed E-state index contributed by atoms with van der Waals surface area (Å²) < 4.78 is 0. The van der Waals surface area contributed by atoms with E-state index in [1.165, 1.54) is 12.8 Å². The molecule has 0 spiro atoms. The third-order valence-electron chi connectivity index (χ3n) is 2.77. The molecule has 0 bridgehead atoms. The van der Waals surface area contributed by atoms with E-state index in [1.807, 2.05) is 0 Å². The monoisotopic (exact) mass is 215 g/mol. The third kappa shape index (κ3) is 3.68. The van der Waals surface area contributed by atoms with Gasteiger partial charge in [-0.3, -0.25) is 4.99 Å². The van der Waals surface area contributed by atoms with Crippen molar-refractivity contribution < 1.29 is 10.2 Å². The lowest BCUT2D eigenvalue weighted by Crippen LogP contribution is -2.54. The molecule has 5 nitrogen and oxygen atoms in total. The summed E-state index contributed by atoms with van der Waals surface area (Å²) in [7, 11) is 0. The average molecular weight is 215 g/mol. The Kier molecular flexibility index (Phi) is 4.35. The SMILES string of the molecule is CC(CO)(CO)NC(N)=NC1CCCC1. The first-order valence-corrected chi connectivity index (χ1v) is 5.43. The highest BCUT2D eigenvalue weighted by Crippen LogP contribution is 2.20. The Bertz CT molecular complexity index is 221. The van der Waals surface area contributed by atoms with Crippen molar-refractivity contribution in [1.29, 1.82) is 0 Å². The topological polar surface area (TPSA) is 90.9 Å². The number of nitrogens with one attached hydrogen (secondary N) is 1. The van der Waals surface area contributed by atoms with Crippen molar-refractivity contribution in [2.24, 2.45) is 10.7 Å². The van der Waals surface area contributed by atoms with Crippen LogP contribution in [-0.2, 0) is 0 Å². The van der Waals surface area contributed by atoms with Gasteiger partial charge in [0.2, 0.25) is 0 Å². The van der Waals surface area contributed by atoms with Crippen LogP contribution in [0.25, 0.3) is 0 Å². The second-order valence-electron chi connectivity index (χ2n) is 4.45. The number of aliphatic hydroxyl groups is 2. The maximum absolute atomic E-state index is 9.06. The first-order valence-electron chi connectivity index (χ1n) is 5.43. The van der Waals surface area contributed by atoms with Gasteiger partial charge in [0.05, 0.1) is 24.8 Å². The molecular weight excluding hydrogens is 194 g/mol. The lowest BCUT2D eigenvalue weighted by Gasteiger charge is -2.27. The van der Waals surface area contributed by atoms with Gasteiger partial charge in [-0.2, -0.15) is 0 Å². The Hall–Kier alpha value is -0.810. The van der Waals surface area contributed by atoms with Gasteiger partial charge in [0.25, 0.3) is 0 Å². The maximum atomic E-state index is 9.06. The summed E-state index contributed by atoms with van der Waals surface area (Å²) in [4.78, 5) is 4.32. The zero-order valence-electron chi connectivity index (χ0n) is 9.24. The second kappa shape index (κ2) is 5.32. The molecule has 0 atom stereocenters. The van der Waals surface area contributed by atoms with Crippen LogP contribution in [0.15, 0.2) is 4.99 Å². The van der Waals surface area contributed by atoms with Crippen molar-refractivity contribution in [2.75, 3.05) is 13.2 Å². The van der Waals surface area contributed by atoms with Crippen LogP contribution in [0, 0.1) is 0 Å². The molecule has 0 aromatic rings. The molecule has 1 aliphatic rings. The van der Waals surface area contributed by atoms with Crippen molar-refractivity contribution in [3.63, 3.8) is 0 Å². The van der Waals surface area contributed by atoms with Gasteiger partial charge in [0, 0.05) is 0 Å². The van der Waals surface area contributed by atoms with Gasteiger partial charge >= 0.3 is 0 Å². The van der Waals surface area contributed by atoms with Gasteiger partial charge < -0.3 is 21.3 Å². The number of guanidine groups is 1. The first kappa shape index (κ1) is 12.3. The Morgan fingerprint density at radius 2 is 1.93 bits per heavy atom. The third-order valence-corrected chi connectivity index (χ3v) is 2.77. The molecule has 0 radical (unpaired) electrons. The normalized spacial score (nSPS) is 19.5. The van der Waals surface area contributed by atoms with Crippen molar-refractivity contribution in [2.45, 2.75) is 44.2 Å². The lowest BCUT2D eigenvalue weighted by atomic mass is 10.1. The largest absolute Gasteiger partial charge is 0.394 e. The highest BCUT2D eigenvalue weighted by atomic mass is 16.3. The quantitative estimate of drug-likeness (QED) is 0.378. The fourth-order valence-corrected chi connectivity index (χ4v) is 1.70. The van der Waals surface area contributed by atoms with Crippen molar-refractivity contribution in [3.05, 3.63) is 0 Å². The number of hydrogen-bond donors (Lipinski definition) is 4. The molecule has 0 unspecified atom stereocenters. The molecule has 0 aliphatic heterocycles. The highest BCUT2D eigenvalue weighted by Gasteiger charge is 2.23.